The minimum absolute atomic E-state index is 0.280. The first-order valence-electron chi connectivity index (χ1n) is 7.42. The molecule has 6 nitrogen and oxygen atoms in total. The molecule has 0 saturated carbocycles. The molecule has 1 aliphatic rings. The molecule has 1 amide bonds. The Morgan fingerprint density at radius 3 is 2.67 bits per heavy atom. The van der Waals surface area contributed by atoms with Gasteiger partial charge in [0.15, 0.2) is 0 Å². The van der Waals surface area contributed by atoms with Crippen LogP contribution in [0, 0.1) is 0 Å². The van der Waals surface area contributed by atoms with Crippen molar-refractivity contribution >= 4 is 33.7 Å². The molecular formula is C16H20ClNO5S. The maximum Gasteiger partial charge on any atom is 0.408 e. The van der Waals surface area contributed by atoms with Gasteiger partial charge in [-0.15, -0.1) is 0 Å². The third kappa shape index (κ3) is 4.48. The third-order valence-electron chi connectivity index (χ3n) is 3.33. The van der Waals surface area contributed by atoms with Crippen molar-refractivity contribution in [3.8, 4) is 5.75 Å². The number of amides is 1. The molecule has 1 N–H and O–H groups in total. The number of rotatable bonds is 3. The molecule has 1 aromatic carbocycles. The van der Waals surface area contributed by atoms with Crippen molar-refractivity contribution in [3.05, 3.63) is 23.3 Å². The minimum Gasteiger partial charge on any atom is -0.493 e. The van der Waals surface area contributed by atoms with Crippen LogP contribution in [0.1, 0.15) is 49.2 Å². The molecular weight excluding hydrogens is 354 g/mol. The zero-order valence-electron chi connectivity index (χ0n) is 14.0. The molecule has 0 bridgehead atoms. The highest BCUT2D eigenvalue weighted by Gasteiger charge is 2.28. The van der Waals surface area contributed by atoms with Crippen molar-refractivity contribution in [2.75, 3.05) is 13.7 Å². The van der Waals surface area contributed by atoms with E-state index in [-0.39, 0.29) is 6.04 Å². The SMILES string of the molecule is COC(=O)c1cc2c(cc1SCl)[C@@H](NC(=O)OC(C)(C)C)CCO2. The summed E-state index contributed by atoms with van der Waals surface area (Å²) in [7, 11) is 8.09. The van der Waals surface area contributed by atoms with E-state index in [1.54, 1.807) is 32.9 Å². The van der Waals surface area contributed by atoms with Crippen LogP contribution in [0.5, 0.6) is 5.75 Å². The Morgan fingerprint density at radius 2 is 2.08 bits per heavy atom. The van der Waals surface area contributed by atoms with Crippen molar-refractivity contribution < 1.29 is 23.8 Å². The van der Waals surface area contributed by atoms with E-state index in [9.17, 15) is 9.59 Å². The van der Waals surface area contributed by atoms with Gasteiger partial charge in [0.1, 0.15) is 11.4 Å². The second-order valence-electron chi connectivity index (χ2n) is 6.29. The summed E-state index contributed by atoms with van der Waals surface area (Å²) in [5.74, 6) is 0.0314. The number of hydrogen-bond donors (Lipinski definition) is 1. The number of esters is 1. The fourth-order valence-corrected chi connectivity index (χ4v) is 3.13. The van der Waals surface area contributed by atoms with E-state index in [0.717, 1.165) is 16.5 Å². The van der Waals surface area contributed by atoms with Crippen molar-refractivity contribution in [2.45, 2.75) is 43.7 Å². The van der Waals surface area contributed by atoms with E-state index in [1.165, 1.54) is 7.11 Å². The highest BCUT2D eigenvalue weighted by molar-refractivity contribution is 8.21. The van der Waals surface area contributed by atoms with Crippen LogP contribution in [0.4, 0.5) is 4.79 Å². The van der Waals surface area contributed by atoms with Crippen molar-refractivity contribution in [1.29, 1.82) is 0 Å². The number of halogens is 1. The topological polar surface area (TPSA) is 73.9 Å². The van der Waals surface area contributed by atoms with Gasteiger partial charge in [-0.3, -0.25) is 0 Å². The second-order valence-corrected chi connectivity index (χ2v) is 7.35. The van der Waals surface area contributed by atoms with Crippen LogP contribution < -0.4 is 10.1 Å². The molecule has 8 heteroatoms. The number of nitrogens with one attached hydrogen (secondary N) is 1. The molecule has 0 aromatic heterocycles. The third-order valence-corrected chi connectivity index (χ3v) is 4.33. The molecule has 0 aliphatic carbocycles. The molecule has 0 spiro atoms. The minimum atomic E-state index is -0.579. The average molecular weight is 374 g/mol. The van der Waals surface area contributed by atoms with Crippen LogP contribution in [0.2, 0.25) is 0 Å². The van der Waals surface area contributed by atoms with Gasteiger partial charge in [0, 0.05) is 16.9 Å². The highest BCUT2D eigenvalue weighted by Crippen LogP contribution is 2.39. The Bertz CT molecular complexity index is 644. The molecule has 0 fully saturated rings. The van der Waals surface area contributed by atoms with Gasteiger partial charge < -0.3 is 19.5 Å². The lowest BCUT2D eigenvalue weighted by atomic mass is 9.98. The number of carbonyl (C=O) groups is 2. The van der Waals surface area contributed by atoms with E-state index >= 15 is 0 Å². The normalized spacial score (nSPS) is 16.6. The zero-order chi connectivity index (χ0) is 17.9. The van der Waals surface area contributed by atoms with Crippen molar-refractivity contribution in [3.63, 3.8) is 0 Å². The smallest absolute Gasteiger partial charge is 0.408 e. The fourth-order valence-electron chi connectivity index (χ4n) is 2.35. The van der Waals surface area contributed by atoms with Crippen LogP contribution in [0.3, 0.4) is 0 Å². The van der Waals surface area contributed by atoms with Gasteiger partial charge in [0.05, 0.1) is 25.3 Å². The van der Waals surface area contributed by atoms with Gasteiger partial charge in [-0.25, -0.2) is 9.59 Å². The summed E-state index contributed by atoms with van der Waals surface area (Å²) in [5, 5.41) is 2.84. The standard InChI is InChI=1S/C16H20ClNO5S/c1-16(2,3)23-15(20)18-11-5-6-22-12-7-10(14(19)21-4)13(24-17)8-9(11)12/h7-8,11H,5-6H2,1-4H3,(H,18,20)/t11-/m0/s1. The predicted molar refractivity (Wildman–Crippen MR) is 91.7 cm³/mol. The maximum atomic E-state index is 12.0. The Labute approximate surface area is 149 Å². The van der Waals surface area contributed by atoms with Gasteiger partial charge in [0.25, 0.3) is 0 Å². The average Bonchev–Trinajstić information content (AvgIpc) is 2.51. The summed E-state index contributed by atoms with van der Waals surface area (Å²) in [6.45, 7) is 5.82. The van der Waals surface area contributed by atoms with Crippen LogP contribution in [0.15, 0.2) is 17.0 Å². The number of alkyl carbamates (subject to hydrolysis) is 1. The van der Waals surface area contributed by atoms with Crippen LogP contribution in [-0.4, -0.2) is 31.4 Å². The fraction of sp³-hybridized carbons (Fsp3) is 0.500. The van der Waals surface area contributed by atoms with Crippen molar-refractivity contribution in [2.24, 2.45) is 0 Å². The summed E-state index contributed by atoms with van der Waals surface area (Å²) < 4.78 is 15.7. The summed E-state index contributed by atoms with van der Waals surface area (Å²) in [5.41, 5.74) is 0.501. The quantitative estimate of drug-likeness (QED) is 0.805. The second kappa shape index (κ2) is 7.53. The number of methoxy groups -OCH3 is 1. The molecule has 24 heavy (non-hydrogen) atoms. The van der Waals surface area contributed by atoms with E-state index in [2.05, 4.69) is 5.32 Å². The van der Waals surface area contributed by atoms with Crippen molar-refractivity contribution in [1.82, 2.24) is 5.32 Å². The lowest BCUT2D eigenvalue weighted by molar-refractivity contribution is 0.0488. The highest BCUT2D eigenvalue weighted by atomic mass is 35.7. The lowest BCUT2D eigenvalue weighted by Gasteiger charge is -2.29. The van der Waals surface area contributed by atoms with Gasteiger partial charge in [-0.1, -0.05) is 0 Å². The lowest BCUT2D eigenvalue weighted by Crippen LogP contribution is -2.36. The Kier molecular flexibility index (Phi) is 5.87. The molecule has 1 heterocycles. The molecule has 0 saturated heterocycles. The van der Waals surface area contributed by atoms with E-state index < -0.39 is 17.7 Å². The molecule has 1 aromatic rings. The number of ether oxygens (including phenoxy) is 3. The largest absolute Gasteiger partial charge is 0.493 e. The predicted octanol–water partition coefficient (Wildman–Crippen LogP) is 4.07. The number of benzene rings is 1. The van der Waals surface area contributed by atoms with Gasteiger partial charge in [-0.2, -0.15) is 0 Å². The summed E-state index contributed by atoms with van der Waals surface area (Å²) >= 11 is 0. The van der Waals surface area contributed by atoms with E-state index in [1.807, 2.05) is 0 Å². The molecule has 2 rings (SSSR count). The van der Waals surface area contributed by atoms with Crippen LogP contribution in [-0.2, 0) is 9.47 Å². The van der Waals surface area contributed by atoms with Crippen LogP contribution >= 0.6 is 21.7 Å². The molecule has 132 valence electrons. The zero-order valence-corrected chi connectivity index (χ0v) is 15.5. The van der Waals surface area contributed by atoms with Gasteiger partial charge in [-0.05, 0) is 54.6 Å². The molecule has 1 aliphatic heterocycles. The van der Waals surface area contributed by atoms with Gasteiger partial charge in [0.2, 0.25) is 0 Å². The first-order valence-corrected chi connectivity index (χ1v) is 9.06. The Morgan fingerprint density at radius 1 is 1.38 bits per heavy atom. The number of fused-ring (bicyclic) bond motifs is 1. The Hall–Kier alpha value is -1.60. The van der Waals surface area contributed by atoms with E-state index in [0.29, 0.717) is 29.2 Å². The summed E-state index contributed by atoms with van der Waals surface area (Å²) in [6, 6.07) is 3.05. The van der Waals surface area contributed by atoms with E-state index in [4.69, 9.17) is 24.9 Å². The molecule has 0 radical (unpaired) electrons. The molecule has 1 atom stereocenters. The number of carbonyl (C=O) groups excluding carboxylic acids is 2. The molecule has 0 unspecified atom stereocenters. The first kappa shape index (κ1) is 18.7. The Balaban J connectivity index is 2.29. The summed E-state index contributed by atoms with van der Waals surface area (Å²) in [4.78, 5) is 24.4. The number of hydrogen-bond acceptors (Lipinski definition) is 6. The van der Waals surface area contributed by atoms with Crippen LogP contribution in [0.25, 0.3) is 0 Å². The monoisotopic (exact) mass is 373 g/mol. The van der Waals surface area contributed by atoms with Gasteiger partial charge >= 0.3 is 12.1 Å². The maximum absolute atomic E-state index is 12.0. The first-order chi connectivity index (χ1) is 11.2. The summed E-state index contributed by atoms with van der Waals surface area (Å²) in [6.07, 6.45) is 0.0911.